The second-order valence-electron chi connectivity index (χ2n) is 10.2. The predicted octanol–water partition coefficient (Wildman–Crippen LogP) is 7.34. The van der Waals surface area contributed by atoms with Crippen LogP contribution in [0.5, 0.6) is 5.75 Å². The molecule has 0 radical (unpaired) electrons. The molecule has 2 heterocycles. The van der Waals surface area contributed by atoms with E-state index in [1.165, 1.54) is 29.0 Å². The van der Waals surface area contributed by atoms with Crippen LogP contribution in [0.25, 0.3) is 11.8 Å². The quantitative estimate of drug-likeness (QED) is 0.208. The second kappa shape index (κ2) is 11.0. The Hall–Kier alpha value is -3.97. The van der Waals surface area contributed by atoms with Crippen molar-refractivity contribution in [3.63, 3.8) is 0 Å². The zero-order valence-corrected chi connectivity index (χ0v) is 24.5. The van der Waals surface area contributed by atoms with Crippen LogP contribution in [0, 0.1) is 5.82 Å². The summed E-state index contributed by atoms with van der Waals surface area (Å²) in [6.07, 6.45) is 3.47. The van der Waals surface area contributed by atoms with Gasteiger partial charge in [-0.3, -0.25) is 9.36 Å². The van der Waals surface area contributed by atoms with Gasteiger partial charge >= 0.3 is 0 Å². The number of para-hydroxylation sites is 1. The van der Waals surface area contributed by atoms with E-state index in [0.29, 0.717) is 25.1 Å². The third-order valence-corrected chi connectivity index (χ3v) is 9.23. The molecular weight excluding hydrogens is 590 g/mol. The van der Waals surface area contributed by atoms with Gasteiger partial charge in [0.2, 0.25) is 0 Å². The van der Waals surface area contributed by atoms with Gasteiger partial charge in [-0.05, 0) is 65.9 Å². The number of halogens is 3. The first-order valence-corrected chi connectivity index (χ1v) is 15.1. The van der Waals surface area contributed by atoms with E-state index in [4.69, 9.17) is 32.9 Å². The molecule has 0 saturated heterocycles. The van der Waals surface area contributed by atoms with Crippen LogP contribution in [0.4, 0.5) is 4.39 Å². The van der Waals surface area contributed by atoms with Crippen molar-refractivity contribution in [1.82, 2.24) is 4.57 Å². The number of hydrogen-bond donors (Lipinski definition) is 0. The molecule has 0 fully saturated rings. The molecule has 1 aliphatic carbocycles. The van der Waals surface area contributed by atoms with Crippen molar-refractivity contribution >= 4 is 46.3 Å². The number of allylic oxidation sites excluding steroid dienone is 1. The maximum atomic E-state index is 14.1. The minimum absolute atomic E-state index is 0.144. The smallest absolute Gasteiger partial charge is 0.271 e. The maximum Gasteiger partial charge on any atom is 0.271 e. The third-order valence-electron chi connectivity index (χ3n) is 7.66. The number of fused-ring (bicyclic) bond motifs is 3. The fraction of sp³-hybridized carbons (Fsp3) is 0.118. The molecule has 0 saturated carbocycles. The zero-order chi connectivity index (χ0) is 28.8. The number of hydrogen-bond acceptors (Lipinski definition) is 4. The molecule has 4 aromatic carbocycles. The van der Waals surface area contributed by atoms with Crippen molar-refractivity contribution in [2.45, 2.75) is 25.5 Å². The maximum absolute atomic E-state index is 14.1. The molecule has 1 aromatic heterocycles. The van der Waals surface area contributed by atoms with E-state index in [1.807, 2.05) is 48.5 Å². The molecule has 0 N–H and O–H groups in total. The van der Waals surface area contributed by atoms with Gasteiger partial charge in [0.05, 0.1) is 16.3 Å². The standard InChI is InChI=1S/C34H23Cl2FN2O2S/c35-24-13-9-23(28(36)18-24)19-41-29-8-4-2-6-22(29)17-30-33(40)39-32(21-10-14-25(37)15-11-21)27-16-12-20-5-1-3-7-26(20)31(27)38-34(39)42-30/h1-11,13-15,17-18,32H,12,16,19H2/b30-17-/t32-/m1/s1. The van der Waals surface area contributed by atoms with Gasteiger partial charge in [0.15, 0.2) is 4.80 Å². The van der Waals surface area contributed by atoms with Crippen LogP contribution in [0.1, 0.15) is 40.3 Å². The van der Waals surface area contributed by atoms with Crippen molar-refractivity contribution in [1.29, 1.82) is 0 Å². The van der Waals surface area contributed by atoms with E-state index in [1.54, 1.807) is 28.8 Å². The second-order valence-corrected chi connectivity index (χ2v) is 12.1. The Balaban J connectivity index is 1.34. The first-order valence-electron chi connectivity index (χ1n) is 13.5. The first-order chi connectivity index (χ1) is 20.5. The highest BCUT2D eigenvalue weighted by Gasteiger charge is 2.32. The molecule has 2 aliphatic rings. The van der Waals surface area contributed by atoms with Crippen molar-refractivity contribution < 1.29 is 9.13 Å². The summed E-state index contributed by atoms with van der Waals surface area (Å²) in [7, 11) is 0. The van der Waals surface area contributed by atoms with Crippen LogP contribution in [-0.2, 0) is 13.0 Å². The van der Waals surface area contributed by atoms with Crippen molar-refractivity contribution in [2.75, 3.05) is 0 Å². The summed E-state index contributed by atoms with van der Waals surface area (Å²) in [4.78, 5) is 19.7. The minimum atomic E-state index is -0.370. The molecule has 0 amide bonds. The van der Waals surface area contributed by atoms with Crippen molar-refractivity contribution in [3.8, 4) is 5.75 Å². The van der Waals surface area contributed by atoms with Gasteiger partial charge in [0, 0.05) is 26.7 Å². The molecule has 7 rings (SSSR count). The average molecular weight is 614 g/mol. The summed E-state index contributed by atoms with van der Waals surface area (Å²) >= 11 is 13.7. The average Bonchev–Trinajstić information content (AvgIpc) is 3.31. The lowest BCUT2D eigenvalue weighted by Crippen LogP contribution is -2.38. The SMILES string of the molecule is O=c1/c(=C/c2ccccc2OCc2ccc(Cl)cc2Cl)sc2n1[C@H](c1ccc(F)cc1)C1=C(N=2)c2ccccc2CC1. The number of ether oxygens (including phenoxy) is 1. The van der Waals surface area contributed by atoms with E-state index < -0.39 is 0 Å². The van der Waals surface area contributed by atoms with Gasteiger partial charge < -0.3 is 4.74 Å². The predicted molar refractivity (Wildman–Crippen MR) is 166 cm³/mol. The summed E-state index contributed by atoms with van der Waals surface area (Å²) < 4.78 is 22.4. The van der Waals surface area contributed by atoms with Gasteiger partial charge in [-0.2, -0.15) is 0 Å². The number of aryl methyl sites for hydroxylation is 1. The van der Waals surface area contributed by atoms with Crippen LogP contribution < -0.4 is 19.6 Å². The monoisotopic (exact) mass is 612 g/mol. The van der Waals surface area contributed by atoms with Crippen LogP contribution >= 0.6 is 34.5 Å². The van der Waals surface area contributed by atoms with Crippen LogP contribution in [0.15, 0.2) is 106 Å². The van der Waals surface area contributed by atoms with Gasteiger partial charge in [0.1, 0.15) is 18.2 Å². The van der Waals surface area contributed by atoms with E-state index in [-0.39, 0.29) is 24.0 Å². The van der Waals surface area contributed by atoms with E-state index >= 15 is 0 Å². The van der Waals surface area contributed by atoms with Gasteiger partial charge in [-0.15, -0.1) is 0 Å². The van der Waals surface area contributed by atoms with Gasteiger partial charge in [-0.25, -0.2) is 9.38 Å². The van der Waals surface area contributed by atoms with Crippen molar-refractivity contribution in [2.24, 2.45) is 4.99 Å². The highest BCUT2D eigenvalue weighted by molar-refractivity contribution is 7.07. The first kappa shape index (κ1) is 26.9. The van der Waals surface area contributed by atoms with E-state index in [0.717, 1.165) is 46.4 Å². The van der Waals surface area contributed by atoms with Crippen LogP contribution in [-0.4, -0.2) is 4.57 Å². The number of aromatic nitrogens is 1. The molecule has 0 unspecified atom stereocenters. The number of thiazole rings is 1. The summed E-state index contributed by atoms with van der Waals surface area (Å²) in [5.74, 6) is 0.309. The zero-order valence-electron chi connectivity index (χ0n) is 22.2. The molecule has 1 aliphatic heterocycles. The summed E-state index contributed by atoms with van der Waals surface area (Å²) in [5.41, 5.74) is 6.58. The van der Waals surface area contributed by atoms with Crippen LogP contribution in [0.3, 0.4) is 0 Å². The lowest BCUT2D eigenvalue weighted by Gasteiger charge is -2.30. The van der Waals surface area contributed by atoms with Gasteiger partial charge in [-0.1, -0.05) is 95.2 Å². The Morgan fingerprint density at radius 2 is 1.76 bits per heavy atom. The lowest BCUT2D eigenvalue weighted by atomic mass is 9.83. The molecular formula is C34H23Cl2FN2O2S. The molecule has 0 spiro atoms. The van der Waals surface area contributed by atoms with Crippen LogP contribution in [0.2, 0.25) is 10.0 Å². The molecule has 4 nitrogen and oxygen atoms in total. The Bertz CT molecular complexity index is 2060. The third kappa shape index (κ3) is 4.90. The van der Waals surface area contributed by atoms with E-state index in [2.05, 4.69) is 12.1 Å². The molecule has 0 bridgehead atoms. The minimum Gasteiger partial charge on any atom is -0.488 e. The molecule has 5 aromatic rings. The molecule has 208 valence electrons. The molecule has 8 heteroatoms. The summed E-state index contributed by atoms with van der Waals surface area (Å²) in [6.45, 7) is 0.249. The number of rotatable bonds is 5. The largest absolute Gasteiger partial charge is 0.488 e. The Labute approximate surface area is 255 Å². The Morgan fingerprint density at radius 3 is 2.60 bits per heavy atom. The summed E-state index contributed by atoms with van der Waals surface area (Å²) in [5, 5.41) is 1.09. The van der Waals surface area contributed by atoms with Crippen molar-refractivity contribution in [3.05, 3.63) is 160 Å². The number of benzene rings is 4. The number of nitrogens with zero attached hydrogens (tertiary/aromatic N) is 2. The summed E-state index contributed by atoms with van der Waals surface area (Å²) in [6, 6.07) is 27.2. The Morgan fingerprint density at radius 1 is 0.976 bits per heavy atom. The Kier molecular flexibility index (Phi) is 7.06. The van der Waals surface area contributed by atoms with E-state index in [9.17, 15) is 9.18 Å². The van der Waals surface area contributed by atoms with Gasteiger partial charge in [0.25, 0.3) is 5.56 Å². The topological polar surface area (TPSA) is 43.6 Å². The highest BCUT2D eigenvalue weighted by atomic mass is 35.5. The normalized spacial score (nSPS) is 16.0. The lowest BCUT2D eigenvalue weighted by molar-refractivity contribution is 0.305. The highest BCUT2D eigenvalue weighted by Crippen LogP contribution is 2.41. The molecule has 42 heavy (non-hydrogen) atoms. The fourth-order valence-corrected chi connectivity index (χ4v) is 7.09. The molecule has 1 atom stereocenters. The fourth-order valence-electron chi connectivity index (χ4n) is 5.63.